The van der Waals surface area contributed by atoms with Crippen LogP contribution in [-0.2, 0) is 4.79 Å². The van der Waals surface area contributed by atoms with E-state index in [9.17, 15) is 9.90 Å². The first kappa shape index (κ1) is 22.4. The molecule has 4 heteroatoms. The minimum Gasteiger partial charge on any atom is -0.481 e. The Kier molecular flexibility index (Phi) is 15.8. The third-order valence-electron chi connectivity index (χ3n) is 4.55. The Bertz CT molecular complexity index is 268. The Labute approximate surface area is 142 Å². The molecule has 0 bridgehead atoms. The van der Waals surface area contributed by atoms with Crippen LogP contribution in [-0.4, -0.2) is 34.0 Å². The molecular weight excluding hydrogens is 292 g/mol. The van der Waals surface area contributed by atoms with E-state index in [0.717, 1.165) is 44.9 Å². The lowest BCUT2D eigenvalue weighted by molar-refractivity contribution is -0.143. The van der Waals surface area contributed by atoms with Crippen LogP contribution in [0.1, 0.15) is 96.8 Å². The molecule has 2 atom stereocenters. The molecule has 138 valence electrons. The molecule has 0 radical (unpaired) electrons. The molecule has 0 spiro atoms. The second-order valence-corrected chi connectivity index (χ2v) is 6.77. The molecule has 0 aliphatic heterocycles. The maximum Gasteiger partial charge on any atom is 0.308 e. The zero-order valence-corrected chi connectivity index (χ0v) is 15.0. The van der Waals surface area contributed by atoms with Gasteiger partial charge in [-0.2, -0.15) is 0 Å². The molecule has 0 aliphatic rings. The maximum atomic E-state index is 10.7. The Hall–Kier alpha value is -0.610. The topological polar surface area (TPSA) is 77.8 Å². The number of carboxylic acid groups (broad SMARTS) is 1. The van der Waals surface area contributed by atoms with Crippen molar-refractivity contribution in [3.8, 4) is 0 Å². The summed E-state index contributed by atoms with van der Waals surface area (Å²) in [5, 5.41) is 27.6. The van der Waals surface area contributed by atoms with Crippen LogP contribution in [0.25, 0.3) is 0 Å². The van der Waals surface area contributed by atoms with Crippen LogP contribution in [0.15, 0.2) is 0 Å². The first-order chi connectivity index (χ1) is 11.1. The summed E-state index contributed by atoms with van der Waals surface area (Å²) in [6, 6.07) is 0. The maximum absolute atomic E-state index is 10.7. The molecule has 0 aromatic heterocycles. The first-order valence-corrected chi connectivity index (χ1v) is 9.63. The smallest absolute Gasteiger partial charge is 0.308 e. The number of hydrogen-bond acceptors (Lipinski definition) is 3. The summed E-state index contributed by atoms with van der Waals surface area (Å²) in [6.45, 7) is 1.95. The van der Waals surface area contributed by atoms with Gasteiger partial charge in [-0.3, -0.25) is 4.79 Å². The summed E-state index contributed by atoms with van der Waals surface area (Å²) < 4.78 is 0. The van der Waals surface area contributed by atoms with Gasteiger partial charge in [-0.05, 0) is 19.3 Å². The van der Waals surface area contributed by atoms with Gasteiger partial charge in [-0.25, -0.2) is 0 Å². The molecule has 0 aliphatic carbocycles. The fraction of sp³-hybridized carbons (Fsp3) is 0.947. The molecule has 0 saturated carbocycles. The number of aliphatic hydroxyl groups is 2. The van der Waals surface area contributed by atoms with Gasteiger partial charge in [0.25, 0.3) is 0 Å². The first-order valence-electron chi connectivity index (χ1n) is 9.63. The molecule has 4 nitrogen and oxygen atoms in total. The van der Waals surface area contributed by atoms with Gasteiger partial charge in [0.05, 0.1) is 18.6 Å². The fourth-order valence-corrected chi connectivity index (χ4v) is 2.90. The highest BCUT2D eigenvalue weighted by Crippen LogP contribution is 2.15. The highest BCUT2D eigenvalue weighted by atomic mass is 16.4. The van der Waals surface area contributed by atoms with Gasteiger partial charge in [-0.1, -0.05) is 77.6 Å². The van der Waals surface area contributed by atoms with Crippen LogP contribution in [0.5, 0.6) is 0 Å². The van der Waals surface area contributed by atoms with E-state index < -0.39 is 11.9 Å². The minimum atomic E-state index is -0.888. The lowest BCUT2D eigenvalue weighted by Gasteiger charge is -2.10. The molecule has 0 rings (SSSR count). The molecular formula is C19H38O4. The Morgan fingerprint density at radius 3 is 1.65 bits per heavy atom. The zero-order valence-electron chi connectivity index (χ0n) is 15.0. The van der Waals surface area contributed by atoms with Crippen LogP contribution in [0.3, 0.4) is 0 Å². The summed E-state index contributed by atoms with van der Waals surface area (Å²) in [7, 11) is 0. The highest BCUT2D eigenvalue weighted by molar-refractivity contribution is 5.69. The van der Waals surface area contributed by atoms with Crippen molar-refractivity contribution in [3.63, 3.8) is 0 Å². The van der Waals surface area contributed by atoms with Crippen molar-refractivity contribution in [2.75, 3.05) is 6.61 Å². The Morgan fingerprint density at radius 2 is 1.22 bits per heavy atom. The predicted octanol–water partition coefficient (Wildman–Crippen LogP) is 4.52. The van der Waals surface area contributed by atoms with Crippen LogP contribution >= 0.6 is 0 Å². The standard InChI is InChI=1S/C19H38O4/c1-2-3-4-11-14-18(21)15-12-9-7-5-6-8-10-13-17(16-20)19(22)23/h17-18,20-21H,2-16H2,1H3,(H,22,23). The zero-order chi connectivity index (χ0) is 17.3. The summed E-state index contributed by atoms with van der Waals surface area (Å²) in [5.41, 5.74) is 0. The molecule has 23 heavy (non-hydrogen) atoms. The quantitative estimate of drug-likeness (QED) is 0.343. The van der Waals surface area contributed by atoms with Gasteiger partial charge >= 0.3 is 5.97 Å². The lowest BCUT2D eigenvalue weighted by atomic mass is 10.00. The summed E-state index contributed by atoms with van der Waals surface area (Å²) in [6.07, 6.45) is 15.0. The average Bonchev–Trinajstić information content (AvgIpc) is 2.53. The molecule has 0 amide bonds. The molecule has 0 aromatic carbocycles. The summed E-state index contributed by atoms with van der Waals surface area (Å²) in [4.78, 5) is 10.7. The second-order valence-electron chi connectivity index (χ2n) is 6.77. The second kappa shape index (κ2) is 16.3. The molecule has 0 fully saturated rings. The Balaban J connectivity index is 3.28. The SMILES string of the molecule is CCCCCCC(O)CCCCCCCCCC(CO)C(=O)O. The number of rotatable bonds is 17. The average molecular weight is 331 g/mol. The third-order valence-corrected chi connectivity index (χ3v) is 4.55. The van der Waals surface area contributed by atoms with Crippen LogP contribution in [0.4, 0.5) is 0 Å². The van der Waals surface area contributed by atoms with E-state index in [0.29, 0.717) is 6.42 Å². The molecule has 3 N–H and O–H groups in total. The van der Waals surface area contributed by atoms with Crippen LogP contribution in [0.2, 0.25) is 0 Å². The molecule has 2 unspecified atom stereocenters. The van der Waals surface area contributed by atoms with Crippen molar-refractivity contribution in [3.05, 3.63) is 0 Å². The predicted molar refractivity (Wildman–Crippen MR) is 94.5 cm³/mol. The monoisotopic (exact) mass is 330 g/mol. The van der Waals surface area contributed by atoms with Crippen molar-refractivity contribution >= 4 is 5.97 Å². The number of carboxylic acids is 1. The van der Waals surface area contributed by atoms with Crippen LogP contribution in [0, 0.1) is 5.92 Å². The van der Waals surface area contributed by atoms with Crippen molar-refractivity contribution in [2.45, 2.75) is 103 Å². The van der Waals surface area contributed by atoms with Crippen LogP contribution < -0.4 is 0 Å². The number of aliphatic carboxylic acids is 1. The molecule has 0 aromatic rings. The highest BCUT2D eigenvalue weighted by Gasteiger charge is 2.14. The van der Waals surface area contributed by atoms with E-state index in [2.05, 4.69) is 6.92 Å². The van der Waals surface area contributed by atoms with Crippen molar-refractivity contribution in [2.24, 2.45) is 5.92 Å². The van der Waals surface area contributed by atoms with Gasteiger partial charge in [0, 0.05) is 0 Å². The van der Waals surface area contributed by atoms with E-state index in [1.165, 1.54) is 38.5 Å². The van der Waals surface area contributed by atoms with Gasteiger partial charge in [-0.15, -0.1) is 0 Å². The Morgan fingerprint density at radius 1 is 0.783 bits per heavy atom. The normalized spacial score (nSPS) is 13.9. The number of hydrogen-bond donors (Lipinski definition) is 3. The number of aliphatic hydroxyl groups excluding tert-OH is 2. The van der Waals surface area contributed by atoms with E-state index in [-0.39, 0.29) is 12.7 Å². The van der Waals surface area contributed by atoms with E-state index in [1.54, 1.807) is 0 Å². The van der Waals surface area contributed by atoms with Gasteiger partial charge < -0.3 is 15.3 Å². The molecule has 0 saturated heterocycles. The largest absolute Gasteiger partial charge is 0.481 e. The summed E-state index contributed by atoms with van der Waals surface area (Å²) >= 11 is 0. The van der Waals surface area contributed by atoms with E-state index in [1.807, 2.05) is 0 Å². The number of carbonyl (C=O) groups is 1. The fourth-order valence-electron chi connectivity index (χ4n) is 2.90. The van der Waals surface area contributed by atoms with Crippen molar-refractivity contribution in [1.29, 1.82) is 0 Å². The minimum absolute atomic E-state index is 0.113. The van der Waals surface area contributed by atoms with Gasteiger partial charge in [0.1, 0.15) is 0 Å². The van der Waals surface area contributed by atoms with Gasteiger partial charge in [0.2, 0.25) is 0 Å². The van der Waals surface area contributed by atoms with E-state index in [4.69, 9.17) is 10.2 Å². The lowest BCUT2D eigenvalue weighted by Crippen LogP contribution is -2.17. The van der Waals surface area contributed by atoms with Crippen molar-refractivity contribution in [1.82, 2.24) is 0 Å². The third kappa shape index (κ3) is 14.7. The van der Waals surface area contributed by atoms with E-state index >= 15 is 0 Å². The molecule has 0 heterocycles. The summed E-state index contributed by atoms with van der Waals surface area (Å²) in [5.74, 6) is -1.48. The number of unbranched alkanes of at least 4 members (excludes halogenated alkanes) is 9. The van der Waals surface area contributed by atoms with Crippen molar-refractivity contribution < 1.29 is 20.1 Å². The van der Waals surface area contributed by atoms with Gasteiger partial charge in [0.15, 0.2) is 0 Å².